The van der Waals surface area contributed by atoms with Crippen molar-refractivity contribution in [3.8, 4) is 0 Å². The van der Waals surface area contributed by atoms with Gasteiger partial charge in [0.1, 0.15) is 5.82 Å². The van der Waals surface area contributed by atoms with Gasteiger partial charge in [-0.1, -0.05) is 25.5 Å². The summed E-state index contributed by atoms with van der Waals surface area (Å²) in [6.07, 6.45) is 4.73. The molecule has 1 saturated heterocycles. The van der Waals surface area contributed by atoms with Crippen LogP contribution in [0.1, 0.15) is 49.8 Å². The number of halogens is 1. The second kappa shape index (κ2) is 7.19. The van der Waals surface area contributed by atoms with Crippen LogP contribution in [0, 0.1) is 18.7 Å². The standard InChI is InChI=1S/C17H27FN2/c1-3-9-20-10-5-4-6-15(12-19)17(20)14-8-7-13(2)16(18)11-14/h7-8,11,15,17H,3-6,9-10,12,19H2,1-2H3. The van der Waals surface area contributed by atoms with Crippen molar-refractivity contribution in [2.24, 2.45) is 11.7 Å². The van der Waals surface area contributed by atoms with E-state index in [1.165, 1.54) is 12.8 Å². The van der Waals surface area contributed by atoms with Crippen molar-refractivity contribution in [2.45, 2.75) is 45.6 Å². The Morgan fingerprint density at radius 1 is 1.35 bits per heavy atom. The van der Waals surface area contributed by atoms with Crippen LogP contribution in [0.4, 0.5) is 4.39 Å². The fraction of sp³-hybridized carbons (Fsp3) is 0.647. The lowest BCUT2D eigenvalue weighted by molar-refractivity contribution is 0.158. The molecule has 3 heteroatoms. The maximum atomic E-state index is 13.9. The molecule has 0 amide bonds. The first-order valence-corrected chi connectivity index (χ1v) is 7.87. The summed E-state index contributed by atoms with van der Waals surface area (Å²) in [6, 6.07) is 5.97. The minimum absolute atomic E-state index is 0.0982. The largest absolute Gasteiger partial charge is 0.330 e. The van der Waals surface area contributed by atoms with Crippen LogP contribution in [-0.2, 0) is 0 Å². The molecule has 2 atom stereocenters. The average Bonchev–Trinajstić information content (AvgIpc) is 2.64. The van der Waals surface area contributed by atoms with Gasteiger partial charge in [0.25, 0.3) is 0 Å². The SMILES string of the molecule is CCCN1CCCCC(CN)C1c1ccc(C)c(F)c1. The van der Waals surface area contributed by atoms with Gasteiger partial charge in [-0.05, 0) is 68.9 Å². The zero-order valence-electron chi connectivity index (χ0n) is 12.7. The Labute approximate surface area is 122 Å². The number of likely N-dealkylation sites (tertiary alicyclic amines) is 1. The van der Waals surface area contributed by atoms with Crippen LogP contribution in [0.25, 0.3) is 0 Å². The van der Waals surface area contributed by atoms with Crippen LogP contribution in [0.15, 0.2) is 18.2 Å². The predicted molar refractivity (Wildman–Crippen MR) is 82.1 cm³/mol. The van der Waals surface area contributed by atoms with Crippen molar-refractivity contribution in [1.29, 1.82) is 0 Å². The molecule has 2 rings (SSSR count). The molecule has 0 aromatic heterocycles. The van der Waals surface area contributed by atoms with Gasteiger partial charge in [0.2, 0.25) is 0 Å². The molecule has 1 heterocycles. The minimum Gasteiger partial charge on any atom is -0.330 e. The highest BCUT2D eigenvalue weighted by atomic mass is 19.1. The number of rotatable bonds is 4. The van der Waals surface area contributed by atoms with E-state index in [-0.39, 0.29) is 11.9 Å². The van der Waals surface area contributed by atoms with Crippen molar-refractivity contribution in [1.82, 2.24) is 4.90 Å². The van der Waals surface area contributed by atoms with E-state index < -0.39 is 0 Å². The summed E-state index contributed by atoms with van der Waals surface area (Å²) >= 11 is 0. The first kappa shape index (κ1) is 15.5. The minimum atomic E-state index is -0.0982. The van der Waals surface area contributed by atoms with Crippen LogP contribution in [-0.4, -0.2) is 24.5 Å². The highest BCUT2D eigenvalue weighted by Crippen LogP contribution is 2.35. The number of hydrogen-bond acceptors (Lipinski definition) is 2. The third-order valence-electron chi connectivity index (χ3n) is 4.46. The molecule has 0 bridgehead atoms. The number of benzene rings is 1. The molecule has 2 nitrogen and oxygen atoms in total. The third-order valence-corrected chi connectivity index (χ3v) is 4.46. The molecule has 0 spiro atoms. The van der Waals surface area contributed by atoms with Gasteiger partial charge in [-0.15, -0.1) is 0 Å². The van der Waals surface area contributed by atoms with Crippen LogP contribution in [0.3, 0.4) is 0 Å². The summed E-state index contributed by atoms with van der Waals surface area (Å²) in [5.74, 6) is 0.338. The molecule has 1 aliphatic heterocycles. The lowest BCUT2D eigenvalue weighted by atomic mass is 9.88. The van der Waals surface area contributed by atoms with Gasteiger partial charge in [0.15, 0.2) is 0 Å². The van der Waals surface area contributed by atoms with Crippen molar-refractivity contribution in [3.63, 3.8) is 0 Å². The van der Waals surface area contributed by atoms with Crippen LogP contribution >= 0.6 is 0 Å². The molecule has 0 aliphatic carbocycles. The molecule has 1 fully saturated rings. The maximum Gasteiger partial charge on any atom is 0.126 e. The molecular formula is C17H27FN2. The van der Waals surface area contributed by atoms with E-state index in [1.54, 1.807) is 6.07 Å². The van der Waals surface area contributed by atoms with E-state index in [1.807, 2.05) is 13.0 Å². The quantitative estimate of drug-likeness (QED) is 0.911. The molecule has 1 aliphatic rings. The van der Waals surface area contributed by atoms with E-state index in [0.717, 1.165) is 31.5 Å². The Morgan fingerprint density at radius 2 is 2.15 bits per heavy atom. The summed E-state index contributed by atoms with van der Waals surface area (Å²) in [7, 11) is 0. The third kappa shape index (κ3) is 3.39. The Kier molecular flexibility index (Phi) is 5.55. The number of aryl methyl sites for hydroxylation is 1. The fourth-order valence-corrected chi connectivity index (χ4v) is 3.38. The molecule has 112 valence electrons. The van der Waals surface area contributed by atoms with E-state index in [9.17, 15) is 4.39 Å². The molecular weight excluding hydrogens is 251 g/mol. The van der Waals surface area contributed by atoms with E-state index in [0.29, 0.717) is 18.0 Å². The lowest BCUT2D eigenvalue weighted by Gasteiger charge is -2.35. The predicted octanol–water partition coefficient (Wildman–Crippen LogP) is 3.65. The zero-order valence-corrected chi connectivity index (χ0v) is 12.7. The van der Waals surface area contributed by atoms with Crippen LogP contribution < -0.4 is 5.73 Å². The van der Waals surface area contributed by atoms with Gasteiger partial charge < -0.3 is 5.73 Å². The maximum absolute atomic E-state index is 13.9. The second-order valence-electron chi connectivity index (χ2n) is 5.98. The summed E-state index contributed by atoms with van der Waals surface area (Å²) in [5.41, 5.74) is 7.82. The second-order valence-corrected chi connectivity index (χ2v) is 5.98. The molecule has 1 aromatic rings. The van der Waals surface area contributed by atoms with E-state index >= 15 is 0 Å². The van der Waals surface area contributed by atoms with Gasteiger partial charge >= 0.3 is 0 Å². The monoisotopic (exact) mass is 278 g/mol. The highest BCUT2D eigenvalue weighted by Gasteiger charge is 2.30. The normalized spacial score (nSPS) is 24.6. The van der Waals surface area contributed by atoms with Gasteiger partial charge in [-0.3, -0.25) is 4.90 Å². The van der Waals surface area contributed by atoms with Gasteiger partial charge in [-0.25, -0.2) is 4.39 Å². The molecule has 2 N–H and O–H groups in total. The zero-order chi connectivity index (χ0) is 14.5. The summed E-state index contributed by atoms with van der Waals surface area (Å²) in [4.78, 5) is 2.51. The van der Waals surface area contributed by atoms with Crippen molar-refractivity contribution >= 4 is 0 Å². The number of nitrogens with two attached hydrogens (primary N) is 1. The Morgan fingerprint density at radius 3 is 2.80 bits per heavy atom. The molecule has 0 radical (unpaired) electrons. The van der Waals surface area contributed by atoms with Crippen molar-refractivity contribution in [2.75, 3.05) is 19.6 Å². The average molecular weight is 278 g/mol. The Bertz CT molecular complexity index is 433. The molecule has 0 saturated carbocycles. The first-order chi connectivity index (χ1) is 9.67. The molecule has 20 heavy (non-hydrogen) atoms. The van der Waals surface area contributed by atoms with Gasteiger partial charge in [0, 0.05) is 6.04 Å². The number of nitrogens with zero attached hydrogens (tertiary/aromatic N) is 1. The van der Waals surface area contributed by atoms with Crippen LogP contribution in [0.5, 0.6) is 0 Å². The molecule has 1 aromatic carbocycles. The Hall–Kier alpha value is -0.930. The van der Waals surface area contributed by atoms with Crippen LogP contribution in [0.2, 0.25) is 0 Å². The fourth-order valence-electron chi connectivity index (χ4n) is 3.38. The smallest absolute Gasteiger partial charge is 0.126 e. The summed E-state index contributed by atoms with van der Waals surface area (Å²) < 4.78 is 13.9. The highest BCUT2D eigenvalue weighted by molar-refractivity contribution is 5.26. The molecule has 2 unspecified atom stereocenters. The topological polar surface area (TPSA) is 29.3 Å². The Balaban J connectivity index is 2.34. The van der Waals surface area contributed by atoms with E-state index in [2.05, 4.69) is 17.9 Å². The van der Waals surface area contributed by atoms with Crippen molar-refractivity contribution in [3.05, 3.63) is 35.1 Å². The van der Waals surface area contributed by atoms with Gasteiger partial charge in [-0.2, -0.15) is 0 Å². The lowest BCUT2D eigenvalue weighted by Crippen LogP contribution is -2.36. The van der Waals surface area contributed by atoms with Gasteiger partial charge in [0.05, 0.1) is 0 Å². The van der Waals surface area contributed by atoms with Crippen molar-refractivity contribution < 1.29 is 4.39 Å². The van der Waals surface area contributed by atoms with E-state index in [4.69, 9.17) is 5.73 Å². The summed E-state index contributed by atoms with van der Waals surface area (Å²) in [5, 5.41) is 0. The number of hydrogen-bond donors (Lipinski definition) is 1. The first-order valence-electron chi connectivity index (χ1n) is 7.87. The summed E-state index contributed by atoms with van der Waals surface area (Å²) in [6.45, 7) is 6.87.